The Labute approximate surface area is 231 Å². The zero-order valence-corrected chi connectivity index (χ0v) is 26.8. The lowest BCUT2D eigenvalue weighted by molar-refractivity contribution is 0.125. The molecule has 0 atom stereocenters. The molecular formula is C31H43ClO3Si2. The van der Waals surface area contributed by atoms with Gasteiger partial charge in [0.25, 0.3) is 0 Å². The Bertz CT molecular complexity index is 1170. The first-order valence-corrected chi connectivity index (χ1v) is 19.1. The summed E-state index contributed by atoms with van der Waals surface area (Å²) < 4.78 is 13.2. The van der Waals surface area contributed by atoms with Crippen LogP contribution in [0.2, 0.25) is 41.3 Å². The molecule has 0 aliphatic rings. The molecule has 0 bridgehead atoms. The van der Waals surface area contributed by atoms with Crippen LogP contribution in [0.4, 0.5) is 0 Å². The number of aliphatic hydroxyl groups is 1. The van der Waals surface area contributed by atoms with E-state index in [9.17, 15) is 5.11 Å². The molecule has 3 aromatic rings. The van der Waals surface area contributed by atoms with Crippen molar-refractivity contribution in [1.82, 2.24) is 0 Å². The lowest BCUT2D eigenvalue weighted by Gasteiger charge is -2.38. The van der Waals surface area contributed by atoms with Crippen molar-refractivity contribution in [1.29, 1.82) is 0 Å². The summed E-state index contributed by atoms with van der Waals surface area (Å²) in [7, 11) is -4.15. The molecule has 0 amide bonds. The van der Waals surface area contributed by atoms with Gasteiger partial charge in [-0.3, -0.25) is 0 Å². The quantitative estimate of drug-likeness (QED) is 0.233. The summed E-state index contributed by atoms with van der Waals surface area (Å²) in [6.45, 7) is 22.2. The normalized spacial score (nSPS) is 13.4. The van der Waals surface area contributed by atoms with Gasteiger partial charge in [0.05, 0.1) is 0 Å². The summed E-state index contributed by atoms with van der Waals surface area (Å²) in [6.07, 6.45) is 0. The van der Waals surface area contributed by atoms with Gasteiger partial charge < -0.3 is 14.0 Å². The second kappa shape index (κ2) is 10.3. The highest BCUT2D eigenvalue weighted by atomic mass is 35.5. The predicted molar refractivity (Wildman–Crippen MR) is 162 cm³/mol. The molecule has 0 unspecified atom stereocenters. The van der Waals surface area contributed by atoms with Gasteiger partial charge in [0.15, 0.2) is 0 Å². The maximum Gasteiger partial charge on any atom is 0.250 e. The smallest absolute Gasteiger partial charge is 0.250 e. The predicted octanol–water partition coefficient (Wildman–Crippen LogP) is 9.39. The maximum absolute atomic E-state index is 12.6. The zero-order valence-electron chi connectivity index (χ0n) is 24.1. The lowest BCUT2D eigenvalue weighted by Crippen LogP contribution is -2.44. The first-order chi connectivity index (χ1) is 16.9. The van der Waals surface area contributed by atoms with Crippen LogP contribution in [-0.4, -0.2) is 21.7 Å². The van der Waals surface area contributed by atoms with Crippen LogP contribution in [0, 0.1) is 0 Å². The standard InChI is InChI=1S/C31H43ClO3Si2/c1-29(2,3)36(7,8)34-25-17-13-15-23(21-25)31(33,27-19-11-12-20-28(27)32)24-16-14-18-26(22-24)35-37(9,10)30(4,5)6/h11-22,33H,1-10H3. The molecule has 0 heterocycles. The average Bonchev–Trinajstić information content (AvgIpc) is 2.77. The average molecular weight is 555 g/mol. The Hall–Kier alpha value is -2.06. The molecule has 3 rings (SSSR count). The zero-order chi connectivity index (χ0) is 27.9. The summed E-state index contributed by atoms with van der Waals surface area (Å²) in [5.41, 5.74) is 0.506. The Morgan fingerprint density at radius 3 is 1.41 bits per heavy atom. The second-order valence-corrected chi connectivity index (χ2v) is 22.8. The molecule has 0 spiro atoms. The fourth-order valence-electron chi connectivity index (χ4n) is 3.70. The monoisotopic (exact) mass is 554 g/mol. The van der Waals surface area contributed by atoms with Crippen molar-refractivity contribution in [2.75, 3.05) is 0 Å². The molecule has 1 N–H and O–H groups in total. The highest BCUT2D eigenvalue weighted by molar-refractivity contribution is 6.75. The first kappa shape index (κ1) is 29.5. The minimum atomic E-state index is -2.07. The van der Waals surface area contributed by atoms with E-state index >= 15 is 0 Å². The molecule has 0 aliphatic heterocycles. The van der Waals surface area contributed by atoms with Crippen LogP contribution in [-0.2, 0) is 5.60 Å². The summed E-state index contributed by atoms with van der Waals surface area (Å²) in [6, 6.07) is 23.0. The van der Waals surface area contributed by atoms with Crippen LogP contribution in [0.15, 0.2) is 72.8 Å². The van der Waals surface area contributed by atoms with E-state index in [1.807, 2.05) is 72.8 Å². The molecule has 200 valence electrons. The van der Waals surface area contributed by atoms with Crippen molar-refractivity contribution in [3.8, 4) is 11.5 Å². The van der Waals surface area contributed by atoms with E-state index in [2.05, 4.69) is 67.7 Å². The van der Waals surface area contributed by atoms with Gasteiger partial charge in [0.1, 0.15) is 17.1 Å². The topological polar surface area (TPSA) is 38.7 Å². The number of halogens is 1. The highest BCUT2D eigenvalue weighted by Gasteiger charge is 2.41. The molecule has 0 saturated carbocycles. The SMILES string of the molecule is CC(C)(C)[Si](C)(C)Oc1cccc(C(O)(c2cccc(O[Si](C)(C)C(C)(C)C)c2)c2ccccc2Cl)c1. The van der Waals surface area contributed by atoms with E-state index in [1.54, 1.807) is 0 Å². The molecule has 0 aromatic heterocycles. The minimum Gasteiger partial charge on any atom is -0.543 e. The Balaban J connectivity index is 2.18. The van der Waals surface area contributed by atoms with Crippen LogP contribution >= 0.6 is 11.6 Å². The fraction of sp³-hybridized carbons (Fsp3) is 0.419. The van der Waals surface area contributed by atoms with Gasteiger partial charge in [0, 0.05) is 10.6 Å². The number of rotatable bonds is 7. The third kappa shape index (κ3) is 6.17. The van der Waals surface area contributed by atoms with Crippen LogP contribution in [0.1, 0.15) is 58.2 Å². The molecule has 0 aliphatic carbocycles. The molecule has 3 aromatic carbocycles. The van der Waals surface area contributed by atoms with E-state index in [4.69, 9.17) is 20.5 Å². The third-order valence-corrected chi connectivity index (χ3v) is 17.2. The van der Waals surface area contributed by atoms with Crippen molar-refractivity contribution in [3.05, 3.63) is 94.5 Å². The fourth-order valence-corrected chi connectivity index (χ4v) is 6.01. The van der Waals surface area contributed by atoms with Crippen molar-refractivity contribution in [2.24, 2.45) is 0 Å². The van der Waals surface area contributed by atoms with Crippen molar-refractivity contribution < 1.29 is 14.0 Å². The van der Waals surface area contributed by atoms with Crippen molar-refractivity contribution >= 4 is 28.2 Å². The van der Waals surface area contributed by atoms with Gasteiger partial charge in [-0.05, 0) is 77.7 Å². The molecule has 37 heavy (non-hydrogen) atoms. The molecule has 0 saturated heterocycles. The molecule has 0 radical (unpaired) electrons. The van der Waals surface area contributed by atoms with E-state index in [-0.39, 0.29) is 10.1 Å². The van der Waals surface area contributed by atoms with Gasteiger partial charge in [-0.1, -0.05) is 95.6 Å². The van der Waals surface area contributed by atoms with Gasteiger partial charge in [-0.15, -0.1) is 0 Å². The van der Waals surface area contributed by atoms with E-state index in [0.29, 0.717) is 21.7 Å². The summed E-state index contributed by atoms with van der Waals surface area (Å²) in [5.74, 6) is 1.51. The van der Waals surface area contributed by atoms with Crippen LogP contribution in [0.3, 0.4) is 0 Å². The van der Waals surface area contributed by atoms with Crippen LogP contribution in [0.25, 0.3) is 0 Å². The summed E-state index contributed by atoms with van der Waals surface area (Å²) in [4.78, 5) is 0. The highest BCUT2D eigenvalue weighted by Crippen LogP contribution is 2.44. The molecule has 0 fully saturated rings. The minimum absolute atomic E-state index is 0.0530. The largest absolute Gasteiger partial charge is 0.543 e. The number of hydrogen-bond acceptors (Lipinski definition) is 3. The van der Waals surface area contributed by atoms with Gasteiger partial charge >= 0.3 is 0 Å². The molecule has 6 heteroatoms. The Kier molecular flexibility index (Phi) is 8.17. The Morgan fingerprint density at radius 2 is 1.03 bits per heavy atom. The second-order valence-electron chi connectivity index (χ2n) is 13.0. The van der Waals surface area contributed by atoms with E-state index in [0.717, 1.165) is 11.5 Å². The van der Waals surface area contributed by atoms with E-state index in [1.165, 1.54) is 0 Å². The van der Waals surface area contributed by atoms with Crippen molar-refractivity contribution in [2.45, 2.75) is 83.4 Å². The lowest BCUT2D eigenvalue weighted by atomic mass is 9.80. The Morgan fingerprint density at radius 1 is 0.622 bits per heavy atom. The van der Waals surface area contributed by atoms with Gasteiger partial charge in [-0.25, -0.2) is 0 Å². The first-order valence-electron chi connectivity index (χ1n) is 12.9. The third-order valence-electron chi connectivity index (χ3n) is 8.13. The molecule has 3 nitrogen and oxygen atoms in total. The van der Waals surface area contributed by atoms with Gasteiger partial charge in [0.2, 0.25) is 16.6 Å². The van der Waals surface area contributed by atoms with Gasteiger partial charge in [-0.2, -0.15) is 0 Å². The van der Waals surface area contributed by atoms with Crippen molar-refractivity contribution in [3.63, 3.8) is 0 Å². The molecular weight excluding hydrogens is 512 g/mol. The van der Waals surface area contributed by atoms with Crippen LogP contribution in [0.5, 0.6) is 11.5 Å². The summed E-state index contributed by atoms with van der Waals surface area (Å²) in [5, 5.41) is 13.2. The maximum atomic E-state index is 12.6. The number of hydrogen-bond donors (Lipinski definition) is 1. The number of benzene rings is 3. The van der Waals surface area contributed by atoms with E-state index < -0.39 is 22.2 Å². The van der Waals surface area contributed by atoms with Crippen LogP contribution < -0.4 is 8.85 Å². The summed E-state index contributed by atoms with van der Waals surface area (Å²) >= 11 is 6.71.